The molecular weight excluding hydrogens is 514 g/mol. The van der Waals surface area contributed by atoms with Gasteiger partial charge in [-0.05, 0) is 36.7 Å². The van der Waals surface area contributed by atoms with Crippen LogP contribution >= 0.6 is 34.8 Å². The van der Waals surface area contributed by atoms with Gasteiger partial charge in [-0.1, -0.05) is 46.0 Å². The Hall–Kier alpha value is -2.53. The zero-order valence-corrected chi connectivity index (χ0v) is 19.9. The lowest BCUT2D eigenvalue weighted by Gasteiger charge is -2.22. The van der Waals surface area contributed by atoms with E-state index in [4.69, 9.17) is 48.8 Å². The molecule has 0 radical (unpaired) electrons. The standard InChI is InChI=1S/C21H20Cl3FN4O5/c22-21(23,24)12-32-19(30)29(18-5-8-33-27-18)11-15-10-28(20(31)34-15)14-1-2-16(17(25)9-14)13-3-6-26-7-4-13/h1-3,5,8-9,15,26H,4,6-7,10-12H2/t15-/m1/s1. The summed E-state index contributed by atoms with van der Waals surface area (Å²) in [5.74, 6) is -0.309. The van der Waals surface area contributed by atoms with Gasteiger partial charge in [-0.3, -0.25) is 9.80 Å². The number of aromatic nitrogens is 1. The second kappa shape index (κ2) is 10.4. The zero-order chi connectivity index (χ0) is 24.3. The predicted molar refractivity (Wildman–Crippen MR) is 125 cm³/mol. The molecular formula is C21H20Cl3FN4O5. The SMILES string of the molecule is O=C1O[C@@H](CN(C(=O)OCC(Cl)(Cl)Cl)c2ccon2)CN1c1ccc(C2=CCNCC2)c(F)c1. The Morgan fingerprint density at radius 2 is 2.18 bits per heavy atom. The third-order valence-electron chi connectivity index (χ3n) is 5.21. The second-order valence-corrected chi connectivity index (χ2v) is 10.1. The van der Waals surface area contributed by atoms with Crippen molar-refractivity contribution >= 4 is 64.1 Å². The Bertz CT molecular complexity index is 1080. The van der Waals surface area contributed by atoms with Gasteiger partial charge < -0.3 is 19.3 Å². The summed E-state index contributed by atoms with van der Waals surface area (Å²) in [6, 6.07) is 6.04. The maximum atomic E-state index is 14.8. The van der Waals surface area contributed by atoms with Gasteiger partial charge in [-0.2, -0.15) is 0 Å². The smallest absolute Gasteiger partial charge is 0.415 e. The van der Waals surface area contributed by atoms with Crippen LogP contribution < -0.4 is 15.1 Å². The van der Waals surface area contributed by atoms with Crippen LogP contribution in [0.15, 0.2) is 41.1 Å². The molecule has 2 aliphatic rings. The maximum absolute atomic E-state index is 14.8. The first kappa shape index (κ1) is 24.6. The van der Waals surface area contributed by atoms with Gasteiger partial charge in [0.25, 0.3) is 0 Å². The van der Waals surface area contributed by atoms with Crippen LogP contribution in [0, 0.1) is 5.82 Å². The second-order valence-electron chi connectivity index (χ2n) is 7.60. The number of alkyl halides is 3. The molecule has 2 amide bonds. The van der Waals surface area contributed by atoms with E-state index in [0.717, 1.165) is 23.4 Å². The topological polar surface area (TPSA) is 97.1 Å². The number of hydrogen-bond acceptors (Lipinski definition) is 7. The number of halogens is 4. The number of carbonyl (C=O) groups excluding carboxylic acids is 2. The fourth-order valence-electron chi connectivity index (χ4n) is 3.66. The number of ether oxygens (including phenoxy) is 2. The number of benzene rings is 1. The fourth-order valence-corrected chi connectivity index (χ4v) is 3.82. The molecule has 1 fully saturated rings. The summed E-state index contributed by atoms with van der Waals surface area (Å²) in [6.07, 6.45) is 1.62. The highest BCUT2D eigenvalue weighted by Gasteiger charge is 2.36. The molecule has 13 heteroatoms. The molecule has 0 spiro atoms. The van der Waals surface area contributed by atoms with Gasteiger partial charge in [0.05, 0.1) is 18.8 Å². The summed E-state index contributed by atoms with van der Waals surface area (Å²) >= 11 is 16.9. The van der Waals surface area contributed by atoms with Crippen molar-refractivity contribution in [3.05, 3.63) is 48.0 Å². The lowest BCUT2D eigenvalue weighted by Crippen LogP contribution is -2.40. The van der Waals surface area contributed by atoms with Gasteiger partial charge in [0.1, 0.15) is 24.8 Å². The quantitative estimate of drug-likeness (QED) is 0.545. The molecule has 182 valence electrons. The van der Waals surface area contributed by atoms with Crippen LogP contribution in [-0.4, -0.2) is 60.0 Å². The highest BCUT2D eigenvalue weighted by atomic mass is 35.6. The van der Waals surface area contributed by atoms with Gasteiger partial charge in [0.15, 0.2) is 5.82 Å². The van der Waals surface area contributed by atoms with E-state index < -0.39 is 34.5 Å². The Labute approximate surface area is 209 Å². The minimum Gasteiger partial charge on any atom is -0.445 e. The van der Waals surface area contributed by atoms with Crippen molar-refractivity contribution in [3.63, 3.8) is 0 Å². The Morgan fingerprint density at radius 1 is 1.35 bits per heavy atom. The van der Waals surface area contributed by atoms with Crippen LogP contribution in [0.4, 0.5) is 25.5 Å². The van der Waals surface area contributed by atoms with Crippen molar-refractivity contribution in [2.75, 3.05) is 42.6 Å². The maximum Gasteiger partial charge on any atom is 0.415 e. The van der Waals surface area contributed by atoms with Crippen LogP contribution in [0.1, 0.15) is 12.0 Å². The fraction of sp³-hybridized carbons (Fsp3) is 0.381. The minimum atomic E-state index is -1.80. The highest BCUT2D eigenvalue weighted by Crippen LogP contribution is 2.30. The predicted octanol–water partition coefficient (Wildman–Crippen LogP) is 4.53. The van der Waals surface area contributed by atoms with E-state index in [1.807, 2.05) is 6.08 Å². The summed E-state index contributed by atoms with van der Waals surface area (Å²) in [4.78, 5) is 27.5. The van der Waals surface area contributed by atoms with E-state index in [9.17, 15) is 14.0 Å². The molecule has 4 rings (SSSR count). The van der Waals surface area contributed by atoms with Crippen molar-refractivity contribution in [1.82, 2.24) is 10.5 Å². The van der Waals surface area contributed by atoms with Crippen molar-refractivity contribution in [1.29, 1.82) is 0 Å². The molecule has 1 atom stereocenters. The molecule has 0 saturated carbocycles. The van der Waals surface area contributed by atoms with Crippen molar-refractivity contribution in [2.45, 2.75) is 16.3 Å². The first-order valence-electron chi connectivity index (χ1n) is 10.3. The Morgan fingerprint density at radius 3 is 2.82 bits per heavy atom. The van der Waals surface area contributed by atoms with Gasteiger partial charge in [-0.15, -0.1) is 0 Å². The van der Waals surface area contributed by atoms with Crippen LogP contribution in [-0.2, 0) is 9.47 Å². The van der Waals surface area contributed by atoms with E-state index in [1.54, 1.807) is 12.1 Å². The lowest BCUT2D eigenvalue weighted by molar-refractivity contribution is 0.133. The highest BCUT2D eigenvalue weighted by molar-refractivity contribution is 6.67. The van der Waals surface area contributed by atoms with Gasteiger partial charge in [0.2, 0.25) is 3.79 Å². The average Bonchev–Trinajstić information content (AvgIpc) is 3.45. The molecule has 9 nitrogen and oxygen atoms in total. The molecule has 1 aromatic heterocycles. The van der Waals surface area contributed by atoms with Crippen molar-refractivity contribution in [3.8, 4) is 0 Å². The van der Waals surface area contributed by atoms with Crippen LogP contribution in [0.2, 0.25) is 0 Å². The molecule has 0 bridgehead atoms. The first-order valence-corrected chi connectivity index (χ1v) is 11.4. The van der Waals surface area contributed by atoms with E-state index in [0.29, 0.717) is 17.8 Å². The van der Waals surface area contributed by atoms with Gasteiger partial charge in [-0.25, -0.2) is 14.0 Å². The van der Waals surface area contributed by atoms with Crippen LogP contribution in [0.5, 0.6) is 0 Å². The molecule has 1 aromatic carbocycles. The van der Waals surface area contributed by atoms with Crippen LogP contribution in [0.3, 0.4) is 0 Å². The normalized spacial score (nSPS) is 18.5. The summed E-state index contributed by atoms with van der Waals surface area (Å²) < 4.78 is 28.2. The number of amides is 2. The number of carbonyl (C=O) groups is 2. The number of nitrogens with zero attached hydrogens (tertiary/aromatic N) is 3. The third kappa shape index (κ3) is 5.93. The molecule has 0 aliphatic carbocycles. The molecule has 3 heterocycles. The zero-order valence-electron chi connectivity index (χ0n) is 17.7. The lowest BCUT2D eigenvalue weighted by atomic mass is 9.99. The number of anilines is 2. The van der Waals surface area contributed by atoms with E-state index in [-0.39, 0.29) is 18.9 Å². The molecule has 1 saturated heterocycles. The van der Waals surface area contributed by atoms with E-state index in [2.05, 4.69) is 10.5 Å². The summed E-state index contributed by atoms with van der Waals surface area (Å²) in [5, 5.41) is 6.91. The number of cyclic esters (lactones) is 1. The first-order chi connectivity index (χ1) is 16.2. The minimum absolute atomic E-state index is 0.0658. The molecule has 2 aromatic rings. The van der Waals surface area contributed by atoms with Crippen molar-refractivity contribution < 1.29 is 28.0 Å². The summed E-state index contributed by atoms with van der Waals surface area (Å²) in [5.41, 5.74) is 1.76. The Balaban J connectivity index is 1.46. The number of rotatable bonds is 6. The molecule has 2 aliphatic heterocycles. The molecule has 1 N–H and O–H groups in total. The van der Waals surface area contributed by atoms with E-state index >= 15 is 0 Å². The van der Waals surface area contributed by atoms with Gasteiger partial charge in [0, 0.05) is 18.2 Å². The van der Waals surface area contributed by atoms with Crippen molar-refractivity contribution in [2.24, 2.45) is 0 Å². The summed E-state index contributed by atoms with van der Waals surface area (Å²) in [7, 11) is 0. The van der Waals surface area contributed by atoms with E-state index in [1.165, 1.54) is 23.3 Å². The molecule has 0 unspecified atom stereocenters. The largest absolute Gasteiger partial charge is 0.445 e. The van der Waals surface area contributed by atoms with Crippen LogP contribution in [0.25, 0.3) is 5.57 Å². The summed E-state index contributed by atoms with van der Waals surface area (Å²) in [6.45, 7) is 0.909. The monoisotopic (exact) mass is 532 g/mol. The Kier molecular flexibility index (Phi) is 7.51. The third-order valence-corrected chi connectivity index (χ3v) is 5.54. The van der Waals surface area contributed by atoms with Gasteiger partial charge >= 0.3 is 12.2 Å². The number of hydrogen-bond donors (Lipinski definition) is 1. The average molecular weight is 534 g/mol. The number of nitrogens with one attached hydrogen (secondary N) is 1. The molecule has 34 heavy (non-hydrogen) atoms.